The van der Waals surface area contributed by atoms with Crippen LogP contribution in [0.15, 0.2) is 53.6 Å². The van der Waals surface area contributed by atoms with Crippen molar-refractivity contribution in [3.8, 4) is 0 Å². The second-order valence-corrected chi connectivity index (χ2v) is 6.00. The molecule has 0 saturated heterocycles. The van der Waals surface area contributed by atoms with Gasteiger partial charge in [0.25, 0.3) is 0 Å². The van der Waals surface area contributed by atoms with Crippen molar-refractivity contribution in [3.05, 3.63) is 71.6 Å². The van der Waals surface area contributed by atoms with Gasteiger partial charge in [-0.1, -0.05) is 29.4 Å². The number of hydrogen-bond acceptors (Lipinski definition) is 4. The van der Waals surface area contributed by atoms with Gasteiger partial charge in [-0.2, -0.15) is 0 Å². The lowest BCUT2D eigenvalue weighted by Crippen LogP contribution is -2.36. The summed E-state index contributed by atoms with van der Waals surface area (Å²) >= 11 is 0. The van der Waals surface area contributed by atoms with Crippen LogP contribution in [-0.4, -0.2) is 32.7 Å². The first-order chi connectivity index (χ1) is 12.1. The summed E-state index contributed by atoms with van der Waals surface area (Å²) < 4.78 is 7.02. The Morgan fingerprint density at radius 3 is 2.88 bits per heavy atom. The number of hydrogen-bond donors (Lipinski definition) is 1. The van der Waals surface area contributed by atoms with Crippen molar-refractivity contribution in [1.82, 2.24) is 24.9 Å². The molecule has 0 unspecified atom stereocenters. The molecule has 0 aliphatic heterocycles. The fourth-order valence-corrected chi connectivity index (χ4v) is 2.55. The third kappa shape index (κ3) is 4.69. The van der Waals surface area contributed by atoms with E-state index < -0.39 is 0 Å². The molecule has 3 rings (SSSR count). The van der Waals surface area contributed by atoms with Crippen LogP contribution in [0.2, 0.25) is 0 Å². The summed E-state index contributed by atoms with van der Waals surface area (Å²) in [5, 5.41) is 6.82. The van der Waals surface area contributed by atoms with Crippen LogP contribution in [0.1, 0.15) is 22.6 Å². The summed E-state index contributed by atoms with van der Waals surface area (Å²) in [6, 6.07) is 9.81. The van der Waals surface area contributed by atoms with Gasteiger partial charge in [-0.05, 0) is 18.1 Å². The average molecular weight is 339 g/mol. The lowest BCUT2D eigenvalue weighted by Gasteiger charge is -2.16. The van der Waals surface area contributed by atoms with Gasteiger partial charge in [0.05, 0.1) is 12.9 Å². The molecule has 0 spiro atoms. The Balaban J connectivity index is 1.53. The fourth-order valence-electron chi connectivity index (χ4n) is 2.55. The minimum Gasteiger partial charge on any atom is -0.361 e. The SMILES string of the molecule is Cc1cc(CN(C)C(=O)NCc2cccc(Cn3ccnc3)c2)no1. The molecule has 0 atom stereocenters. The second kappa shape index (κ2) is 7.65. The number of carbonyl (C=O) groups excluding carboxylic acids is 1. The molecule has 2 heterocycles. The molecular formula is C18H21N5O2. The number of aryl methyl sites for hydroxylation is 1. The van der Waals surface area contributed by atoms with Gasteiger partial charge in [-0.25, -0.2) is 9.78 Å². The first-order valence-corrected chi connectivity index (χ1v) is 8.05. The Morgan fingerprint density at radius 2 is 2.16 bits per heavy atom. The molecule has 0 saturated carbocycles. The number of carbonyl (C=O) groups is 1. The maximum atomic E-state index is 12.2. The molecule has 2 amide bonds. The topological polar surface area (TPSA) is 76.2 Å². The maximum absolute atomic E-state index is 12.2. The zero-order valence-electron chi connectivity index (χ0n) is 14.3. The highest BCUT2D eigenvalue weighted by molar-refractivity contribution is 5.73. The van der Waals surface area contributed by atoms with Crippen LogP contribution in [0.5, 0.6) is 0 Å². The lowest BCUT2D eigenvalue weighted by molar-refractivity contribution is 0.205. The molecule has 2 aromatic heterocycles. The standard InChI is InChI=1S/C18H21N5O2/c1-14-8-17(21-25-14)12-22(2)18(24)20-10-15-4-3-5-16(9-15)11-23-7-6-19-13-23/h3-9,13H,10-12H2,1-2H3,(H,20,24). The van der Waals surface area contributed by atoms with E-state index in [-0.39, 0.29) is 6.03 Å². The van der Waals surface area contributed by atoms with Gasteiger partial charge in [0.2, 0.25) is 0 Å². The number of nitrogens with one attached hydrogen (secondary N) is 1. The zero-order chi connectivity index (χ0) is 17.6. The molecule has 1 aromatic carbocycles. The summed E-state index contributed by atoms with van der Waals surface area (Å²) in [5.41, 5.74) is 2.95. The second-order valence-electron chi connectivity index (χ2n) is 6.00. The van der Waals surface area contributed by atoms with E-state index in [9.17, 15) is 4.79 Å². The molecule has 0 aliphatic carbocycles. The van der Waals surface area contributed by atoms with E-state index in [4.69, 9.17) is 4.52 Å². The van der Waals surface area contributed by atoms with Gasteiger partial charge in [-0.15, -0.1) is 0 Å². The average Bonchev–Trinajstić information content (AvgIpc) is 3.25. The normalized spacial score (nSPS) is 10.6. The predicted octanol–water partition coefficient (Wildman–Crippen LogP) is 2.57. The Hall–Kier alpha value is -3.09. The molecule has 0 bridgehead atoms. The van der Waals surface area contributed by atoms with Crippen molar-refractivity contribution in [2.75, 3.05) is 7.05 Å². The smallest absolute Gasteiger partial charge is 0.317 e. The number of imidazole rings is 1. The Kier molecular flexibility index (Phi) is 5.13. The lowest BCUT2D eigenvalue weighted by atomic mass is 10.1. The fraction of sp³-hybridized carbons (Fsp3) is 0.278. The van der Waals surface area contributed by atoms with Crippen LogP contribution >= 0.6 is 0 Å². The molecule has 3 aromatic rings. The molecule has 25 heavy (non-hydrogen) atoms. The largest absolute Gasteiger partial charge is 0.361 e. The van der Waals surface area contributed by atoms with Crippen LogP contribution in [0.4, 0.5) is 4.79 Å². The summed E-state index contributed by atoms with van der Waals surface area (Å²) in [4.78, 5) is 17.8. The van der Waals surface area contributed by atoms with E-state index in [0.29, 0.717) is 13.1 Å². The van der Waals surface area contributed by atoms with Crippen LogP contribution in [0, 0.1) is 6.92 Å². The molecule has 7 nitrogen and oxygen atoms in total. The van der Waals surface area contributed by atoms with E-state index in [1.165, 1.54) is 0 Å². The number of aromatic nitrogens is 3. The highest BCUT2D eigenvalue weighted by Crippen LogP contribution is 2.08. The van der Waals surface area contributed by atoms with Gasteiger partial charge < -0.3 is 19.3 Å². The van der Waals surface area contributed by atoms with Gasteiger partial charge in [0.1, 0.15) is 11.5 Å². The molecule has 0 fully saturated rings. The zero-order valence-corrected chi connectivity index (χ0v) is 14.3. The first-order valence-electron chi connectivity index (χ1n) is 8.05. The maximum Gasteiger partial charge on any atom is 0.317 e. The predicted molar refractivity (Wildman–Crippen MR) is 92.7 cm³/mol. The van der Waals surface area contributed by atoms with E-state index in [2.05, 4.69) is 27.6 Å². The molecule has 130 valence electrons. The van der Waals surface area contributed by atoms with Crippen molar-refractivity contribution in [1.29, 1.82) is 0 Å². The van der Waals surface area contributed by atoms with Crippen LogP contribution in [0.25, 0.3) is 0 Å². The first kappa shape index (κ1) is 16.8. The van der Waals surface area contributed by atoms with Crippen LogP contribution in [-0.2, 0) is 19.6 Å². The summed E-state index contributed by atoms with van der Waals surface area (Å²) in [6.07, 6.45) is 5.47. The highest BCUT2D eigenvalue weighted by Gasteiger charge is 2.11. The van der Waals surface area contributed by atoms with Crippen LogP contribution in [0.3, 0.4) is 0 Å². The number of urea groups is 1. The molecule has 1 N–H and O–H groups in total. The minimum absolute atomic E-state index is 0.152. The van der Waals surface area contributed by atoms with E-state index in [1.807, 2.05) is 35.9 Å². The third-order valence-corrected chi connectivity index (χ3v) is 3.78. The number of nitrogens with zero attached hydrogens (tertiary/aromatic N) is 4. The van der Waals surface area contributed by atoms with Crippen LogP contribution < -0.4 is 5.32 Å². The Bertz CT molecular complexity index is 826. The van der Waals surface area contributed by atoms with E-state index in [0.717, 1.165) is 29.1 Å². The Labute approximate surface area is 146 Å². The van der Waals surface area contributed by atoms with Gasteiger partial charge >= 0.3 is 6.03 Å². The minimum atomic E-state index is -0.152. The van der Waals surface area contributed by atoms with Gasteiger partial charge in [0, 0.05) is 38.6 Å². The molecule has 0 radical (unpaired) electrons. The van der Waals surface area contributed by atoms with Crippen molar-refractivity contribution in [3.63, 3.8) is 0 Å². The quantitative estimate of drug-likeness (QED) is 0.749. The number of benzene rings is 1. The highest BCUT2D eigenvalue weighted by atomic mass is 16.5. The van der Waals surface area contributed by atoms with E-state index >= 15 is 0 Å². The van der Waals surface area contributed by atoms with Crippen molar-refractivity contribution in [2.45, 2.75) is 26.6 Å². The monoisotopic (exact) mass is 339 g/mol. The van der Waals surface area contributed by atoms with Crippen molar-refractivity contribution in [2.24, 2.45) is 0 Å². The molecular weight excluding hydrogens is 318 g/mol. The summed E-state index contributed by atoms with van der Waals surface area (Å²) in [5.74, 6) is 0.735. The molecule has 0 aliphatic rings. The van der Waals surface area contributed by atoms with Crippen molar-refractivity contribution < 1.29 is 9.32 Å². The summed E-state index contributed by atoms with van der Waals surface area (Å²) in [6.45, 7) is 3.46. The summed E-state index contributed by atoms with van der Waals surface area (Å²) in [7, 11) is 1.73. The third-order valence-electron chi connectivity index (χ3n) is 3.78. The number of amides is 2. The van der Waals surface area contributed by atoms with Gasteiger partial charge in [0.15, 0.2) is 0 Å². The van der Waals surface area contributed by atoms with Gasteiger partial charge in [-0.3, -0.25) is 0 Å². The van der Waals surface area contributed by atoms with E-state index in [1.54, 1.807) is 24.5 Å². The van der Waals surface area contributed by atoms with Crippen molar-refractivity contribution >= 4 is 6.03 Å². The number of rotatable bonds is 6. The molecule has 7 heteroatoms. The Morgan fingerprint density at radius 1 is 1.32 bits per heavy atom.